The van der Waals surface area contributed by atoms with Gasteiger partial charge in [-0.25, -0.2) is 4.79 Å². The number of nitrogens with one attached hydrogen (secondary N) is 1. The van der Waals surface area contributed by atoms with Crippen molar-refractivity contribution in [3.8, 4) is 0 Å². The van der Waals surface area contributed by atoms with E-state index in [0.717, 1.165) is 24.3 Å². The van der Waals surface area contributed by atoms with Crippen molar-refractivity contribution in [2.45, 2.75) is 38.3 Å². The van der Waals surface area contributed by atoms with Crippen molar-refractivity contribution in [3.05, 3.63) is 57.8 Å². The smallest absolute Gasteiger partial charge is 0.312 e. The molecule has 25 heavy (non-hydrogen) atoms. The zero-order valence-electron chi connectivity index (χ0n) is 14.3. The molecule has 2 atom stereocenters. The Balaban J connectivity index is 1.76. The first-order chi connectivity index (χ1) is 12.1. The van der Waals surface area contributed by atoms with Gasteiger partial charge in [-0.3, -0.25) is 4.79 Å². The number of carbonyl (C=O) groups excluding carboxylic acids is 2. The molecule has 1 aliphatic rings. The SMILES string of the molecule is Cc1ccccc1[C@H]1CCCN1C(=O)C[C@H](NC(N)=O)c1cccs1. The lowest BCUT2D eigenvalue weighted by Crippen LogP contribution is -2.38. The van der Waals surface area contributed by atoms with Gasteiger partial charge in [0, 0.05) is 11.4 Å². The number of nitrogens with two attached hydrogens (primary N) is 1. The molecule has 0 radical (unpaired) electrons. The van der Waals surface area contributed by atoms with Gasteiger partial charge in [-0.1, -0.05) is 30.3 Å². The monoisotopic (exact) mass is 357 g/mol. The van der Waals surface area contributed by atoms with Crippen molar-refractivity contribution in [2.24, 2.45) is 5.73 Å². The molecule has 0 aliphatic carbocycles. The fourth-order valence-electron chi connectivity index (χ4n) is 3.53. The van der Waals surface area contributed by atoms with Crippen molar-refractivity contribution >= 4 is 23.3 Å². The van der Waals surface area contributed by atoms with Crippen molar-refractivity contribution in [1.29, 1.82) is 0 Å². The third-order valence-corrected chi connectivity index (χ3v) is 5.69. The van der Waals surface area contributed by atoms with Crippen molar-refractivity contribution in [1.82, 2.24) is 10.2 Å². The molecule has 3 rings (SSSR count). The molecular formula is C19H23N3O2S. The third-order valence-electron chi connectivity index (χ3n) is 4.70. The number of thiophene rings is 1. The summed E-state index contributed by atoms with van der Waals surface area (Å²) in [4.78, 5) is 27.2. The summed E-state index contributed by atoms with van der Waals surface area (Å²) >= 11 is 1.52. The van der Waals surface area contributed by atoms with Crippen LogP contribution in [0.3, 0.4) is 0 Å². The van der Waals surface area contributed by atoms with E-state index < -0.39 is 6.03 Å². The van der Waals surface area contributed by atoms with Crippen LogP contribution in [0.15, 0.2) is 41.8 Å². The Morgan fingerprint density at radius 1 is 1.32 bits per heavy atom. The van der Waals surface area contributed by atoms with Gasteiger partial charge >= 0.3 is 6.03 Å². The maximum Gasteiger partial charge on any atom is 0.312 e. The maximum absolute atomic E-state index is 13.0. The fraction of sp³-hybridized carbons (Fsp3) is 0.368. The average Bonchev–Trinajstić information content (AvgIpc) is 3.26. The van der Waals surface area contributed by atoms with Crippen LogP contribution < -0.4 is 11.1 Å². The van der Waals surface area contributed by atoms with Crippen molar-refractivity contribution in [3.63, 3.8) is 0 Å². The van der Waals surface area contributed by atoms with Crippen molar-refractivity contribution in [2.75, 3.05) is 6.54 Å². The zero-order chi connectivity index (χ0) is 17.8. The number of benzene rings is 1. The van der Waals surface area contributed by atoms with Gasteiger partial charge in [-0.2, -0.15) is 0 Å². The van der Waals surface area contributed by atoms with Crippen LogP contribution in [-0.4, -0.2) is 23.4 Å². The lowest BCUT2D eigenvalue weighted by atomic mass is 9.99. The Kier molecular flexibility index (Phi) is 5.38. The number of nitrogens with zero attached hydrogens (tertiary/aromatic N) is 1. The number of rotatable bonds is 5. The van der Waals surface area contributed by atoms with Gasteiger partial charge in [0.15, 0.2) is 0 Å². The molecule has 1 aromatic carbocycles. The molecule has 1 aliphatic heterocycles. The number of primary amides is 1. The minimum Gasteiger partial charge on any atom is -0.352 e. The summed E-state index contributed by atoms with van der Waals surface area (Å²) in [7, 11) is 0. The minimum atomic E-state index is -0.608. The molecule has 3 amide bonds. The van der Waals surface area contributed by atoms with Crippen LogP contribution in [0.4, 0.5) is 4.79 Å². The predicted octanol–water partition coefficient (Wildman–Crippen LogP) is 3.52. The first-order valence-corrected chi connectivity index (χ1v) is 9.38. The second-order valence-electron chi connectivity index (χ2n) is 6.38. The van der Waals surface area contributed by atoms with E-state index in [1.54, 1.807) is 0 Å². The highest BCUT2D eigenvalue weighted by Crippen LogP contribution is 2.35. The number of amides is 3. The summed E-state index contributed by atoms with van der Waals surface area (Å²) in [5.74, 6) is 0.0536. The van der Waals surface area contributed by atoms with Gasteiger partial charge in [-0.05, 0) is 42.3 Å². The molecular weight excluding hydrogens is 334 g/mol. The van der Waals surface area contributed by atoms with Crippen LogP contribution in [0.2, 0.25) is 0 Å². The van der Waals surface area contributed by atoms with E-state index in [4.69, 9.17) is 5.73 Å². The third kappa shape index (κ3) is 4.02. The van der Waals surface area contributed by atoms with E-state index in [9.17, 15) is 9.59 Å². The molecule has 0 saturated carbocycles. The molecule has 1 saturated heterocycles. The highest BCUT2D eigenvalue weighted by molar-refractivity contribution is 7.10. The average molecular weight is 357 g/mol. The van der Waals surface area contributed by atoms with Gasteiger partial charge in [0.05, 0.1) is 18.5 Å². The first kappa shape index (κ1) is 17.5. The van der Waals surface area contributed by atoms with E-state index in [-0.39, 0.29) is 24.4 Å². The summed E-state index contributed by atoms with van der Waals surface area (Å²) in [6.45, 7) is 2.84. The second-order valence-corrected chi connectivity index (χ2v) is 7.36. The lowest BCUT2D eigenvalue weighted by molar-refractivity contribution is -0.132. The molecule has 3 N–H and O–H groups in total. The van der Waals surface area contributed by atoms with E-state index in [1.807, 2.05) is 34.5 Å². The number of carbonyl (C=O) groups is 2. The van der Waals surface area contributed by atoms with Crippen LogP contribution in [0.1, 0.15) is 47.4 Å². The largest absolute Gasteiger partial charge is 0.352 e. The Hall–Kier alpha value is -2.34. The normalized spacial score (nSPS) is 18.1. The van der Waals surface area contributed by atoms with Crippen LogP contribution in [0.25, 0.3) is 0 Å². The highest BCUT2D eigenvalue weighted by Gasteiger charge is 2.32. The Labute approximate surface area is 151 Å². The van der Waals surface area contributed by atoms with Crippen LogP contribution >= 0.6 is 11.3 Å². The molecule has 0 spiro atoms. The minimum absolute atomic E-state index is 0.0536. The summed E-state index contributed by atoms with van der Waals surface area (Å²) < 4.78 is 0. The second kappa shape index (κ2) is 7.70. The Bertz CT molecular complexity index is 745. The Morgan fingerprint density at radius 2 is 2.12 bits per heavy atom. The maximum atomic E-state index is 13.0. The summed E-state index contributed by atoms with van der Waals surface area (Å²) in [5, 5.41) is 4.64. The summed E-state index contributed by atoms with van der Waals surface area (Å²) in [6, 6.07) is 11.2. The van der Waals surface area contributed by atoms with E-state index >= 15 is 0 Å². The number of hydrogen-bond donors (Lipinski definition) is 2. The summed E-state index contributed by atoms with van der Waals surface area (Å²) in [5.41, 5.74) is 7.71. The fourth-order valence-corrected chi connectivity index (χ4v) is 4.30. The Morgan fingerprint density at radius 3 is 2.80 bits per heavy atom. The molecule has 2 aromatic rings. The molecule has 5 nitrogen and oxygen atoms in total. The zero-order valence-corrected chi connectivity index (χ0v) is 15.1. The predicted molar refractivity (Wildman–Crippen MR) is 99.3 cm³/mol. The first-order valence-electron chi connectivity index (χ1n) is 8.50. The van der Waals surface area contributed by atoms with Gasteiger partial charge < -0.3 is 16.0 Å². The molecule has 1 fully saturated rings. The number of aryl methyl sites for hydroxylation is 1. The number of urea groups is 1. The van der Waals surface area contributed by atoms with Crippen molar-refractivity contribution < 1.29 is 9.59 Å². The van der Waals surface area contributed by atoms with Gasteiger partial charge in [0.2, 0.25) is 5.91 Å². The standard InChI is InChI=1S/C19H23N3O2S/c1-13-6-2-3-7-14(13)16-8-4-10-22(16)18(23)12-15(21-19(20)24)17-9-5-11-25-17/h2-3,5-7,9,11,15-16H,4,8,10,12H2,1H3,(H3,20,21,24)/t15-,16+/m0/s1. The quantitative estimate of drug-likeness (QED) is 0.859. The topological polar surface area (TPSA) is 75.4 Å². The van der Waals surface area contributed by atoms with Crippen LogP contribution in [0.5, 0.6) is 0 Å². The molecule has 0 bridgehead atoms. The molecule has 1 aromatic heterocycles. The molecule has 0 unspecified atom stereocenters. The molecule has 132 valence electrons. The van der Waals surface area contributed by atoms with E-state index in [2.05, 4.69) is 24.4 Å². The molecule has 6 heteroatoms. The van der Waals surface area contributed by atoms with Crippen LogP contribution in [0, 0.1) is 6.92 Å². The number of hydrogen-bond acceptors (Lipinski definition) is 3. The van der Waals surface area contributed by atoms with E-state index in [0.29, 0.717) is 0 Å². The lowest BCUT2D eigenvalue weighted by Gasteiger charge is -2.28. The highest BCUT2D eigenvalue weighted by atomic mass is 32.1. The van der Waals surface area contributed by atoms with Gasteiger partial charge in [0.25, 0.3) is 0 Å². The van der Waals surface area contributed by atoms with E-state index in [1.165, 1.54) is 22.5 Å². The summed E-state index contributed by atoms with van der Waals surface area (Å²) in [6.07, 6.45) is 2.20. The van der Waals surface area contributed by atoms with Gasteiger partial charge in [0.1, 0.15) is 0 Å². The number of likely N-dealkylation sites (tertiary alicyclic amines) is 1. The van der Waals surface area contributed by atoms with Crippen LogP contribution in [-0.2, 0) is 4.79 Å². The van der Waals surface area contributed by atoms with Gasteiger partial charge in [-0.15, -0.1) is 11.3 Å². The molecule has 2 heterocycles.